The first-order valence-corrected chi connectivity index (χ1v) is 7.94. The quantitative estimate of drug-likeness (QED) is 0.845. The molecule has 1 unspecified atom stereocenters. The Labute approximate surface area is 119 Å². The maximum absolute atomic E-state index is 12.7. The zero-order valence-corrected chi connectivity index (χ0v) is 12.5. The monoisotopic (exact) mass is 300 g/mol. The third-order valence-corrected chi connectivity index (χ3v) is 5.13. The Morgan fingerprint density at radius 1 is 1.45 bits per heavy atom. The minimum atomic E-state index is -3.61. The highest BCUT2D eigenvalue weighted by atomic mass is 32.2. The van der Waals surface area contributed by atoms with Gasteiger partial charge in [0, 0.05) is 31.5 Å². The van der Waals surface area contributed by atoms with E-state index in [9.17, 15) is 8.42 Å². The fourth-order valence-corrected chi connectivity index (χ4v) is 3.90. The van der Waals surface area contributed by atoms with Gasteiger partial charge < -0.3 is 15.2 Å². The predicted molar refractivity (Wildman–Crippen MR) is 76.2 cm³/mol. The van der Waals surface area contributed by atoms with Crippen molar-refractivity contribution in [1.82, 2.24) is 4.31 Å². The molecular weight excluding hydrogens is 280 g/mol. The molecule has 0 saturated carbocycles. The summed E-state index contributed by atoms with van der Waals surface area (Å²) in [5.41, 5.74) is 6.13. The molecule has 1 atom stereocenters. The van der Waals surface area contributed by atoms with Crippen molar-refractivity contribution in [3.63, 3.8) is 0 Å². The van der Waals surface area contributed by atoms with Gasteiger partial charge in [-0.3, -0.25) is 0 Å². The van der Waals surface area contributed by atoms with Gasteiger partial charge in [-0.15, -0.1) is 0 Å². The largest absolute Gasteiger partial charge is 0.495 e. The van der Waals surface area contributed by atoms with Gasteiger partial charge in [0.1, 0.15) is 10.6 Å². The molecule has 20 heavy (non-hydrogen) atoms. The Bertz CT molecular complexity index is 574. The van der Waals surface area contributed by atoms with Crippen LogP contribution in [0.2, 0.25) is 0 Å². The van der Waals surface area contributed by atoms with Gasteiger partial charge >= 0.3 is 0 Å². The first kappa shape index (κ1) is 15.1. The fraction of sp³-hybridized carbons (Fsp3) is 0.538. The normalized spacial score (nSPS) is 21.4. The van der Waals surface area contributed by atoms with E-state index < -0.39 is 10.0 Å². The molecule has 1 fully saturated rings. The second-order valence-corrected chi connectivity index (χ2v) is 6.71. The van der Waals surface area contributed by atoms with Crippen LogP contribution in [0, 0.1) is 0 Å². The number of rotatable bonds is 3. The molecule has 1 aliphatic heterocycles. The number of ether oxygens (including phenoxy) is 2. The van der Waals surface area contributed by atoms with Crippen molar-refractivity contribution in [3.05, 3.63) is 18.2 Å². The average Bonchev–Trinajstić information content (AvgIpc) is 2.63. The number of hydrogen-bond acceptors (Lipinski definition) is 5. The molecule has 0 aliphatic carbocycles. The molecule has 1 aliphatic rings. The summed E-state index contributed by atoms with van der Waals surface area (Å²) < 4.78 is 37.5. The van der Waals surface area contributed by atoms with Crippen LogP contribution in [0.5, 0.6) is 5.75 Å². The molecule has 0 aromatic heterocycles. The molecule has 112 valence electrons. The lowest BCUT2D eigenvalue weighted by molar-refractivity contribution is 0.0752. The molecule has 2 rings (SSSR count). The summed E-state index contributed by atoms with van der Waals surface area (Å²) in [5.74, 6) is 0.266. The summed E-state index contributed by atoms with van der Waals surface area (Å²) in [6, 6.07) is 4.57. The molecule has 0 radical (unpaired) electrons. The summed E-state index contributed by atoms with van der Waals surface area (Å²) in [7, 11) is -2.17. The van der Waals surface area contributed by atoms with E-state index in [-0.39, 0.29) is 16.7 Å². The summed E-state index contributed by atoms with van der Waals surface area (Å²) in [6.07, 6.45) is 0.563. The van der Waals surface area contributed by atoms with Crippen LogP contribution in [0.15, 0.2) is 23.1 Å². The van der Waals surface area contributed by atoms with E-state index in [0.717, 1.165) is 0 Å². The van der Waals surface area contributed by atoms with Gasteiger partial charge in [0.05, 0.1) is 13.2 Å². The maximum atomic E-state index is 12.7. The fourth-order valence-electron chi connectivity index (χ4n) is 2.21. The summed E-state index contributed by atoms with van der Waals surface area (Å²) in [6.45, 7) is 3.23. The van der Waals surface area contributed by atoms with E-state index in [1.54, 1.807) is 6.07 Å². The first-order chi connectivity index (χ1) is 9.45. The number of sulfonamides is 1. The van der Waals surface area contributed by atoms with Crippen molar-refractivity contribution in [2.45, 2.75) is 24.3 Å². The van der Waals surface area contributed by atoms with Crippen LogP contribution >= 0.6 is 0 Å². The van der Waals surface area contributed by atoms with Crippen molar-refractivity contribution >= 4 is 15.7 Å². The topological polar surface area (TPSA) is 81.9 Å². The van der Waals surface area contributed by atoms with Gasteiger partial charge in [-0.05, 0) is 25.5 Å². The molecule has 1 aromatic carbocycles. The highest BCUT2D eigenvalue weighted by Gasteiger charge is 2.30. The van der Waals surface area contributed by atoms with Gasteiger partial charge in [-0.2, -0.15) is 4.31 Å². The number of hydrogen-bond donors (Lipinski definition) is 1. The summed E-state index contributed by atoms with van der Waals surface area (Å²) in [5, 5.41) is 0. The van der Waals surface area contributed by atoms with Crippen molar-refractivity contribution in [2.75, 3.05) is 32.5 Å². The maximum Gasteiger partial charge on any atom is 0.246 e. The van der Waals surface area contributed by atoms with Gasteiger partial charge in [-0.25, -0.2) is 8.42 Å². The molecule has 0 amide bonds. The second-order valence-electron chi connectivity index (χ2n) is 4.81. The Morgan fingerprint density at radius 3 is 2.90 bits per heavy atom. The number of methoxy groups -OCH3 is 1. The van der Waals surface area contributed by atoms with Crippen LogP contribution in [-0.2, 0) is 14.8 Å². The van der Waals surface area contributed by atoms with Crippen molar-refractivity contribution in [3.8, 4) is 5.75 Å². The molecule has 1 aromatic rings. The van der Waals surface area contributed by atoms with E-state index in [2.05, 4.69) is 0 Å². The smallest absolute Gasteiger partial charge is 0.246 e. The standard InChI is InChI=1S/C13H20N2O4S/c1-10-9-15(6-3-7-19-10)20(16,17)13-5-4-11(14)8-12(13)18-2/h4-5,8,10H,3,6-7,9,14H2,1-2H3. The zero-order valence-electron chi connectivity index (χ0n) is 11.7. The number of benzene rings is 1. The van der Waals surface area contributed by atoms with Crippen molar-refractivity contribution in [1.29, 1.82) is 0 Å². The van der Waals surface area contributed by atoms with Gasteiger partial charge in [0.25, 0.3) is 0 Å². The third kappa shape index (κ3) is 3.05. The Morgan fingerprint density at radius 2 is 2.20 bits per heavy atom. The van der Waals surface area contributed by atoms with E-state index in [4.69, 9.17) is 15.2 Å². The van der Waals surface area contributed by atoms with E-state index in [1.165, 1.54) is 23.5 Å². The highest BCUT2D eigenvalue weighted by Crippen LogP contribution is 2.29. The zero-order chi connectivity index (χ0) is 14.8. The van der Waals surface area contributed by atoms with Crippen LogP contribution in [0.3, 0.4) is 0 Å². The van der Waals surface area contributed by atoms with Crippen molar-refractivity contribution in [2.24, 2.45) is 0 Å². The second kappa shape index (κ2) is 5.99. The molecule has 1 heterocycles. The van der Waals surface area contributed by atoms with Gasteiger partial charge in [0.2, 0.25) is 10.0 Å². The number of nitrogens with two attached hydrogens (primary N) is 1. The lowest BCUT2D eigenvalue weighted by Crippen LogP contribution is -2.36. The van der Waals surface area contributed by atoms with E-state index >= 15 is 0 Å². The van der Waals surface area contributed by atoms with Crippen LogP contribution in [0.25, 0.3) is 0 Å². The molecule has 0 spiro atoms. The number of nitrogen functional groups attached to an aromatic ring is 1. The molecule has 2 N–H and O–H groups in total. The SMILES string of the molecule is COc1cc(N)ccc1S(=O)(=O)N1CCCOC(C)C1. The van der Waals surface area contributed by atoms with Gasteiger partial charge in [0.15, 0.2) is 0 Å². The predicted octanol–water partition coefficient (Wildman–Crippen LogP) is 1.08. The molecule has 0 bridgehead atoms. The molecule has 1 saturated heterocycles. The lowest BCUT2D eigenvalue weighted by Gasteiger charge is -2.22. The van der Waals surface area contributed by atoms with Crippen LogP contribution in [0.4, 0.5) is 5.69 Å². The molecular formula is C13H20N2O4S. The Balaban J connectivity index is 2.38. The Hall–Kier alpha value is -1.31. The minimum Gasteiger partial charge on any atom is -0.495 e. The molecule has 7 heteroatoms. The first-order valence-electron chi connectivity index (χ1n) is 6.50. The molecule has 6 nitrogen and oxygen atoms in total. The van der Waals surface area contributed by atoms with E-state index in [1.807, 2.05) is 6.92 Å². The Kier molecular flexibility index (Phi) is 4.52. The van der Waals surface area contributed by atoms with E-state index in [0.29, 0.717) is 31.8 Å². The summed E-state index contributed by atoms with van der Waals surface area (Å²) in [4.78, 5) is 0.142. The minimum absolute atomic E-state index is 0.118. The van der Waals surface area contributed by atoms with Crippen LogP contribution in [0.1, 0.15) is 13.3 Å². The van der Waals surface area contributed by atoms with Crippen LogP contribution in [-0.4, -0.2) is 45.6 Å². The lowest BCUT2D eigenvalue weighted by atomic mass is 10.3. The highest BCUT2D eigenvalue weighted by molar-refractivity contribution is 7.89. The number of nitrogens with zero attached hydrogens (tertiary/aromatic N) is 1. The summed E-state index contributed by atoms with van der Waals surface area (Å²) >= 11 is 0. The van der Waals surface area contributed by atoms with Crippen molar-refractivity contribution < 1.29 is 17.9 Å². The number of anilines is 1. The average molecular weight is 300 g/mol. The van der Waals surface area contributed by atoms with Crippen LogP contribution < -0.4 is 10.5 Å². The van der Waals surface area contributed by atoms with Gasteiger partial charge in [-0.1, -0.05) is 0 Å². The third-order valence-electron chi connectivity index (χ3n) is 3.22.